The number of aliphatic hydroxyl groups is 1. The molecule has 1 unspecified atom stereocenters. The number of rotatable bonds is 3. The fraction of sp³-hybridized carbons (Fsp3) is 0.600. The third-order valence-electron chi connectivity index (χ3n) is 3.75. The molecule has 0 amide bonds. The lowest BCUT2D eigenvalue weighted by Crippen LogP contribution is -2.62. The van der Waals surface area contributed by atoms with Crippen LogP contribution in [-0.4, -0.2) is 36.4 Å². The number of aryl methyl sites for hydroxylation is 1. The highest BCUT2D eigenvalue weighted by atomic mass is 79.9. The van der Waals surface area contributed by atoms with Crippen molar-refractivity contribution in [2.75, 3.05) is 24.6 Å². The Hall–Kier alpha value is -0.580. The Labute approximate surface area is 124 Å². The molecule has 19 heavy (non-hydrogen) atoms. The summed E-state index contributed by atoms with van der Waals surface area (Å²) in [6, 6.07) is 6.77. The predicted octanol–water partition coefficient (Wildman–Crippen LogP) is 2.70. The monoisotopic (exact) mass is 326 g/mol. The van der Waals surface area contributed by atoms with Gasteiger partial charge >= 0.3 is 0 Å². The molecule has 1 aromatic rings. The Bertz CT molecular complexity index is 448. The molecule has 3 nitrogen and oxygen atoms in total. The quantitative estimate of drug-likeness (QED) is 0.896. The number of halogens is 1. The van der Waals surface area contributed by atoms with Gasteiger partial charge in [0.15, 0.2) is 0 Å². The minimum atomic E-state index is 0.103. The van der Waals surface area contributed by atoms with Gasteiger partial charge in [0.05, 0.1) is 0 Å². The van der Waals surface area contributed by atoms with Crippen molar-refractivity contribution < 1.29 is 5.11 Å². The maximum absolute atomic E-state index is 9.26. The summed E-state index contributed by atoms with van der Waals surface area (Å²) in [5.41, 5.74) is 2.65. The summed E-state index contributed by atoms with van der Waals surface area (Å²) in [7, 11) is 0. The van der Waals surface area contributed by atoms with Crippen molar-refractivity contribution >= 4 is 21.6 Å². The molecule has 1 atom stereocenters. The summed E-state index contributed by atoms with van der Waals surface area (Å²) < 4.78 is 1.11. The van der Waals surface area contributed by atoms with Crippen LogP contribution in [0.1, 0.15) is 25.8 Å². The number of hydrogen-bond acceptors (Lipinski definition) is 3. The minimum Gasteiger partial charge on any atom is -0.396 e. The first-order chi connectivity index (χ1) is 8.93. The fourth-order valence-electron chi connectivity index (χ4n) is 2.75. The van der Waals surface area contributed by atoms with Gasteiger partial charge in [-0.1, -0.05) is 15.9 Å². The van der Waals surface area contributed by atoms with Crippen molar-refractivity contribution in [3.05, 3.63) is 28.2 Å². The molecule has 2 N–H and O–H groups in total. The summed E-state index contributed by atoms with van der Waals surface area (Å²) in [6.07, 6.45) is 0.804. The van der Waals surface area contributed by atoms with Crippen LogP contribution in [0.4, 0.5) is 5.69 Å². The van der Waals surface area contributed by atoms with E-state index in [-0.39, 0.29) is 12.1 Å². The smallest absolute Gasteiger partial charge is 0.0451 e. The lowest BCUT2D eigenvalue weighted by molar-refractivity contribution is 0.241. The van der Waals surface area contributed by atoms with Crippen LogP contribution in [0.5, 0.6) is 0 Å². The van der Waals surface area contributed by atoms with Gasteiger partial charge in [0.25, 0.3) is 0 Å². The first kappa shape index (κ1) is 14.8. The maximum atomic E-state index is 9.26. The second-order valence-corrected chi connectivity index (χ2v) is 6.91. The van der Waals surface area contributed by atoms with Crippen molar-refractivity contribution in [3.63, 3.8) is 0 Å². The molecule has 1 heterocycles. The van der Waals surface area contributed by atoms with Crippen LogP contribution in [0.3, 0.4) is 0 Å². The van der Waals surface area contributed by atoms with Gasteiger partial charge < -0.3 is 15.3 Å². The van der Waals surface area contributed by atoms with Crippen molar-refractivity contribution in [3.8, 4) is 0 Å². The standard InChI is InChI=1S/C15H23BrN2O/c1-11-8-12(16)4-5-14(11)18-10-15(2,3)17-9-13(18)6-7-19/h4-5,8,13,17,19H,6-7,9-10H2,1-3H3. The second kappa shape index (κ2) is 5.81. The molecular formula is C15H23BrN2O. The molecule has 2 rings (SSSR count). The van der Waals surface area contributed by atoms with Gasteiger partial charge in [0.2, 0.25) is 0 Å². The lowest BCUT2D eigenvalue weighted by atomic mass is 9.96. The average Bonchev–Trinajstić information content (AvgIpc) is 2.32. The van der Waals surface area contributed by atoms with Crippen molar-refractivity contribution in [1.29, 1.82) is 0 Å². The van der Waals surface area contributed by atoms with E-state index in [2.05, 4.69) is 65.1 Å². The SMILES string of the molecule is Cc1cc(Br)ccc1N1CC(C)(C)NCC1CCO. The number of piperazine rings is 1. The van der Waals surface area contributed by atoms with Gasteiger partial charge in [-0.05, 0) is 51.0 Å². The number of aliphatic hydroxyl groups excluding tert-OH is 1. The normalized spacial score (nSPS) is 22.6. The largest absolute Gasteiger partial charge is 0.396 e. The minimum absolute atomic E-state index is 0.103. The van der Waals surface area contributed by atoms with Crippen LogP contribution in [0.25, 0.3) is 0 Å². The van der Waals surface area contributed by atoms with Crippen LogP contribution in [0.2, 0.25) is 0 Å². The number of nitrogens with one attached hydrogen (secondary N) is 1. The van der Waals surface area contributed by atoms with E-state index in [1.165, 1.54) is 11.3 Å². The molecule has 0 aliphatic carbocycles. The van der Waals surface area contributed by atoms with E-state index >= 15 is 0 Å². The average molecular weight is 327 g/mol. The van der Waals surface area contributed by atoms with Crippen LogP contribution < -0.4 is 10.2 Å². The Morgan fingerprint density at radius 3 is 2.84 bits per heavy atom. The molecule has 0 radical (unpaired) electrons. The van der Waals surface area contributed by atoms with Crippen LogP contribution in [0, 0.1) is 6.92 Å². The van der Waals surface area contributed by atoms with Gasteiger partial charge in [0, 0.05) is 41.4 Å². The van der Waals surface area contributed by atoms with E-state index in [1.54, 1.807) is 0 Å². The Kier molecular flexibility index (Phi) is 4.54. The van der Waals surface area contributed by atoms with Crippen LogP contribution >= 0.6 is 15.9 Å². The molecule has 1 aromatic carbocycles. The molecule has 1 aliphatic rings. The van der Waals surface area contributed by atoms with E-state index in [0.717, 1.165) is 24.0 Å². The first-order valence-corrected chi connectivity index (χ1v) is 7.61. The van der Waals surface area contributed by atoms with Gasteiger partial charge in [-0.15, -0.1) is 0 Å². The molecule has 0 spiro atoms. The van der Waals surface area contributed by atoms with Gasteiger partial charge in [-0.3, -0.25) is 0 Å². The van der Waals surface area contributed by atoms with Crippen LogP contribution in [0.15, 0.2) is 22.7 Å². The van der Waals surface area contributed by atoms with Gasteiger partial charge in [-0.2, -0.15) is 0 Å². The number of hydrogen-bond donors (Lipinski definition) is 2. The van der Waals surface area contributed by atoms with E-state index < -0.39 is 0 Å². The number of benzene rings is 1. The zero-order chi connectivity index (χ0) is 14.0. The molecule has 4 heteroatoms. The highest BCUT2D eigenvalue weighted by Crippen LogP contribution is 2.29. The summed E-state index contributed by atoms with van der Waals surface area (Å²) in [5, 5.41) is 12.8. The number of nitrogens with zero attached hydrogens (tertiary/aromatic N) is 1. The summed E-state index contributed by atoms with van der Waals surface area (Å²) in [4.78, 5) is 2.44. The highest BCUT2D eigenvalue weighted by molar-refractivity contribution is 9.10. The first-order valence-electron chi connectivity index (χ1n) is 6.81. The molecule has 106 valence electrons. The summed E-state index contributed by atoms with van der Waals surface area (Å²) in [6.45, 7) is 8.71. The lowest BCUT2D eigenvalue weighted by Gasteiger charge is -2.46. The van der Waals surface area contributed by atoms with Crippen molar-refractivity contribution in [1.82, 2.24) is 5.32 Å². The summed E-state index contributed by atoms with van der Waals surface area (Å²) in [5.74, 6) is 0. The molecule has 1 aliphatic heterocycles. The van der Waals surface area contributed by atoms with Crippen LogP contribution in [-0.2, 0) is 0 Å². The third kappa shape index (κ3) is 3.50. The third-order valence-corrected chi connectivity index (χ3v) is 4.25. The van der Waals surface area contributed by atoms with E-state index in [4.69, 9.17) is 0 Å². The van der Waals surface area contributed by atoms with E-state index in [1.807, 2.05) is 0 Å². The van der Waals surface area contributed by atoms with E-state index in [0.29, 0.717) is 6.04 Å². The zero-order valence-corrected chi connectivity index (χ0v) is 13.5. The topological polar surface area (TPSA) is 35.5 Å². The summed E-state index contributed by atoms with van der Waals surface area (Å²) >= 11 is 3.52. The van der Waals surface area contributed by atoms with Crippen molar-refractivity contribution in [2.45, 2.75) is 38.8 Å². The molecule has 1 fully saturated rings. The Balaban J connectivity index is 2.30. The molecule has 1 saturated heterocycles. The Morgan fingerprint density at radius 1 is 1.47 bits per heavy atom. The molecule has 0 saturated carbocycles. The highest BCUT2D eigenvalue weighted by Gasteiger charge is 2.32. The zero-order valence-electron chi connectivity index (χ0n) is 11.9. The molecular weight excluding hydrogens is 304 g/mol. The second-order valence-electron chi connectivity index (χ2n) is 5.99. The fourth-order valence-corrected chi connectivity index (χ4v) is 3.22. The van der Waals surface area contributed by atoms with Gasteiger partial charge in [-0.25, -0.2) is 0 Å². The van der Waals surface area contributed by atoms with E-state index in [9.17, 15) is 5.11 Å². The molecule has 0 aromatic heterocycles. The number of anilines is 1. The predicted molar refractivity (Wildman–Crippen MR) is 83.8 cm³/mol. The Morgan fingerprint density at radius 2 is 2.21 bits per heavy atom. The maximum Gasteiger partial charge on any atom is 0.0451 e. The van der Waals surface area contributed by atoms with Gasteiger partial charge in [0.1, 0.15) is 0 Å². The molecule has 0 bridgehead atoms. The van der Waals surface area contributed by atoms with Crippen molar-refractivity contribution in [2.24, 2.45) is 0 Å².